The monoisotopic (exact) mass is 518 g/mol. The number of benzene rings is 2. The average molecular weight is 519 g/mol. The quantitative estimate of drug-likeness (QED) is 0.258. The van der Waals surface area contributed by atoms with Gasteiger partial charge in [0.15, 0.2) is 9.84 Å². The lowest BCUT2D eigenvalue weighted by molar-refractivity contribution is -0.117. The maximum absolute atomic E-state index is 12.9. The minimum atomic E-state index is -3.16. The SMILES string of the molecule is CCCCOc1ccc(-c2nn(-c3ccccc3)cc2/C=C(/C#N)C(=O)N[C@H]2CCS(=O)(=O)C2)c(C)c1. The molecule has 2 heterocycles. The van der Waals surface area contributed by atoms with Crippen molar-refractivity contribution in [2.45, 2.75) is 39.2 Å². The molecule has 1 atom stereocenters. The molecule has 0 bridgehead atoms. The zero-order valence-electron chi connectivity index (χ0n) is 21.0. The molecule has 0 unspecified atom stereocenters. The molecule has 1 aliphatic rings. The number of sulfone groups is 1. The van der Waals surface area contributed by atoms with E-state index in [4.69, 9.17) is 9.84 Å². The summed E-state index contributed by atoms with van der Waals surface area (Å²) in [4.78, 5) is 12.9. The molecule has 3 aromatic rings. The van der Waals surface area contributed by atoms with Crippen molar-refractivity contribution in [3.63, 3.8) is 0 Å². The van der Waals surface area contributed by atoms with Crippen LogP contribution in [-0.2, 0) is 14.6 Å². The molecule has 2 aromatic carbocycles. The first-order chi connectivity index (χ1) is 17.8. The zero-order valence-corrected chi connectivity index (χ0v) is 21.8. The van der Waals surface area contributed by atoms with E-state index in [-0.39, 0.29) is 17.1 Å². The van der Waals surface area contributed by atoms with Gasteiger partial charge in [-0.1, -0.05) is 31.5 Å². The second kappa shape index (κ2) is 11.4. The molecule has 0 saturated carbocycles. The molecule has 0 spiro atoms. The highest BCUT2D eigenvalue weighted by Gasteiger charge is 2.29. The van der Waals surface area contributed by atoms with E-state index in [0.29, 0.717) is 24.3 Å². The number of nitrogens with one attached hydrogen (secondary N) is 1. The van der Waals surface area contributed by atoms with Crippen LogP contribution >= 0.6 is 0 Å². The molecule has 4 rings (SSSR count). The van der Waals surface area contributed by atoms with Crippen molar-refractivity contribution in [3.8, 4) is 28.8 Å². The number of rotatable bonds is 9. The van der Waals surface area contributed by atoms with Crippen LogP contribution in [0.25, 0.3) is 23.0 Å². The van der Waals surface area contributed by atoms with E-state index in [2.05, 4.69) is 12.2 Å². The van der Waals surface area contributed by atoms with Crippen LogP contribution in [0.15, 0.2) is 60.3 Å². The smallest absolute Gasteiger partial charge is 0.262 e. The average Bonchev–Trinajstić information content (AvgIpc) is 3.45. The summed E-state index contributed by atoms with van der Waals surface area (Å²) < 4.78 is 31.1. The van der Waals surface area contributed by atoms with Crippen molar-refractivity contribution in [2.75, 3.05) is 18.1 Å². The third-order valence-corrected chi connectivity index (χ3v) is 7.98. The number of carbonyl (C=O) groups is 1. The van der Waals surface area contributed by atoms with Gasteiger partial charge in [-0.15, -0.1) is 0 Å². The standard InChI is InChI=1S/C28H30N4O4S/c1-3-4-13-36-25-10-11-26(20(2)15-25)27-22(18-32(31-27)24-8-6-5-7-9-24)16-21(17-29)28(33)30-23-12-14-37(34,35)19-23/h5-11,15-16,18,23H,3-4,12-14,19H2,1-2H3,(H,30,33)/b21-16-/t23-/m0/s1. The summed E-state index contributed by atoms with van der Waals surface area (Å²) in [6, 6.07) is 16.8. The number of aromatic nitrogens is 2. The normalized spacial score (nSPS) is 16.8. The van der Waals surface area contributed by atoms with Gasteiger partial charge in [0, 0.05) is 23.4 Å². The summed E-state index contributed by atoms with van der Waals surface area (Å²) in [5, 5.41) is 17.3. The molecular formula is C28H30N4O4S. The lowest BCUT2D eigenvalue weighted by Gasteiger charge is -2.11. The van der Waals surface area contributed by atoms with Crippen LogP contribution < -0.4 is 10.1 Å². The van der Waals surface area contributed by atoms with Crippen LogP contribution in [0.2, 0.25) is 0 Å². The third kappa shape index (κ3) is 6.46. The Morgan fingerprint density at radius 2 is 2.05 bits per heavy atom. The minimum Gasteiger partial charge on any atom is -0.494 e. The van der Waals surface area contributed by atoms with Crippen LogP contribution in [0.4, 0.5) is 0 Å². The van der Waals surface area contributed by atoms with Gasteiger partial charge in [-0.2, -0.15) is 10.4 Å². The predicted molar refractivity (Wildman–Crippen MR) is 143 cm³/mol. The van der Waals surface area contributed by atoms with E-state index < -0.39 is 21.8 Å². The Hall–Kier alpha value is -3.90. The van der Waals surface area contributed by atoms with Crippen LogP contribution in [0.3, 0.4) is 0 Å². The van der Waals surface area contributed by atoms with Gasteiger partial charge in [0.25, 0.3) is 5.91 Å². The highest BCUT2D eigenvalue weighted by molar-refractivity contribution is 7.91. The summed E-state index contributed by atoms with van der Waals surface area (Å²) >= 11 is 0. The first-order valence-corrected chi connectivity index (χ1v) is 14.1. The van der Waals surface area contributed by atoms with Gasteiger partial charge in [-0.3, -0.25) is 4.79 Å². The Morgan fingerprint density at radius 3 is 2.70 bits per heavy atom. The van der Waals surface area contributed by atoms with Crippen LogP contribution in [0.5, 0.6) is 5.75 Å². The number of hydrogen-bond donors (Lipinski definition) is 1. The van der Waals surface area contributed by atoms with Crippen molar-refractivity contribution < 1.29 is 17.9 Å². The lowest BCUT2D eigenvalue weighted by atomic mass is 10.0. The molecule has 1 N–H and O–H groups in total. The summed E-state index contributed by atoms with van der Waals surface area (Å²) in [6.45, 7) is 4.73. The summed E-state index contributed by atoms with van der Waals surface area (Å²) in [6.07, 6.45) is 5.65. The van der Waals surface area contributed by atoms with E-state index in [1.807, 2.05) is 61.5 Å². The second-order valence-corrected chi connectivity index (χ2v) is 11.4. The van der Waals surface area contributed by atoms with Gasteiger partial charge in [0.2, 0.25) is 0 Å². The van der Waals surface area contributed by atoms with Gasteiger partial charge in [0.05, 0.1) is 23.8 Å². The van der Waals surface area contributed by atoms with Crippen molar-refractivity contribution in [2.24, 2.45) is 0 Å². The fourth-order valence-electron chi connectivity index (χ4n) is 4.22. The molecule has 9 heteroatoms. The predicted octanol–water partition coefficient (Wildman–Crippen LogP) is 4.24. The molecule has 1 fully saturated rings. The Morgan fingerprint density at radius 1 is 1.27 bits per heavy atom. The fourth-order valence-corrected chi connectivity index (χ4v) is 5.89. The maximum Gasteiger partial charge on any atom is 0.262 e. The molecule has 0 radical (unpaired) electrons. The van der Waals surface area contributed by atoms with E-state index in [0.717, 1.165) is 35.4 Å². The van der Waals surface area contributed by atoms with Gasteiger partial charge >= 0.3 is 0 Å². The van der Waals surface area contributed by atoms with E-state index in [1.165, 1.54) is 6.08 Å². The summed E-state index contributed by atoms with van der Waals surface area (Å²) in [5.74, 6) is 0.104. The van der Waals surface area contributed by atoms with Crippen LogP contribution in [0.1, 0.15) is 37.3 Å². The molecule has 1 aliphatic heterocycles. The summed E-state index contributed by atoms with van der Waals surface area (Å²) in [5.41, 5.74) is 3.72. The number of unbranched alkanes of at least 4 members (excludes halogenated alkanes) is 1. The number of nitrogens with zero attached hydrogens (tertiary/aromatic N) is 3. The first-order valence-electron chi connectivity index (χ1n) is 12.3. The third-order valence-electron chi connectivity index (χ3n) is 6.22. The Balaban J connectivity index is 1.70. The van der Waals surface area contributed by atoms with Crippen molar-refractivity contribution in [1.29, 1.82) is 5.26 Å². The number of nitriles is 1. The van der Waals surface area contributed by atoms with Gasteiger partial charge in [0.1, 0.15) is 23.1 Å². The first kappa shape index (κ1) is 26.2. The Kier molecular flexibility index (Phi) is 8.09. The highest BCUT2D eigenvalue weighted by atomic mass is 32.2. The molecule has 192 valence electrons. The topological polar surface area (TPSA) is 114 Å². The van der Waals surface area contributed by atoms with E-state index in [1.54, 1.807) is 10.9 Å². The molecule has 1 aromatic heterocycles. The molecule has 0 aliphatic carbocycles. The number of aryl methyl sites for hydroxylation is 1. The molecule has 1 amide bonds. The van der Waals surface area contributed by atoms with Crippen molar-refractivity contribution in [1.82, 2.24) is 15.1 Å². The Labute approximate surface area is 217 Å². The Bertz CT molecular complexity index is 1450. The van der Waals surface area contributed by atoms with Crippen molar-refractivity contribution in [3.05, 3.63) is 71.4 Å². The number of para-hydroxylation sites is 1. The second-order valence-electron chi connectivity index (χ2n) is 9.14. The van der Waals surface area contributed by atoms with Crippen LogP contribution in [0, 0.1) is 18.3 Å². The van der Waals surface area contributed by atoms with E-state index in [9.17, 15) is 18.5 Å². The number of amides is 1. The maximum atomic E-state index is 12.9. The highest BCUT2D eigenvalue weighted by Crippen LogP contribution is 2.31. The van der Waals surface area contributed by atoms with E-state index >= 15 is 0 Å². The molecular weight excluding hydrogens is 488 g/mol. The van der Waals surface area contributed by atoms with Crippen LogP contribution in [-0.4, -0.2) is 48.3 Å². The number of carbonyl (C=O) groups excluding carboxylic acids is 1. The van der Waals surface area contributed by atoms with Gasteiger partial charge in [-0.25, -0.2) is 13.1 Å². The largest absolute Gasteiger partial charge is 0.494 e. The minimum absolute atomic E-state index is 0.0367. The van der Waals surface area contributed by atoms with Gasteiger partial charge < -0.3 is 10.1 Å². The summed E-state index contributed by atoms with van der Waals surface area (Å²) in [7, 11) is -3.16. The van der Waals surface area contributed by atoms with Gasteiger partial charge in [-0.05, 0) is 61.7 Å². The molecule has 37 heavy (non-hydrogen) atoms. The molecule has 1 saturated heterocycles. The fraction of sp³-hybridized carbons (Fsp3) is 0.321. The zero-order chi connectivity index (χ0) is 26.4. The number of ether oxygens (including phenoxy) is 1. The number of hydrogen-bond acceptors (Lipinski definition) is 6. The van der Waals surface area contributed by atoms with Crippen molar-refractivity contribution >= 4 is 21.8 Å². The lowest BCUT2D eigenvalue weighted by Crippen LogP contribution is -2.36. The molecule has 8 nitrogen and oxygen atoms in total.